The van der Waals surface area contributed by atoms with Gasteiger partial charge >= 0.3 is 18.0 Å². The highest BCUT2D eigenvalue weighted by Gasteiger charge is 2.54. The number of aliphatic carboxylic acids is 1. The summed E-state index contributed by atoms with van der Waals surface area (Å²) < 4.78 is 0. The summed E-state index contributed by atoms with van der Waals surface area (Å²) >= 11 is 1.57. The summed E-state index contributed by atoms with van der Waals surface area (Å²) in [6.07, 6.45) is 1.20. The first-order chi connectivity index (χ1) is 17.5. The molecule has 0 spiro atoms. The molecule has 2 aliphatic heterocycles. The lowest BCUT2D eigenvalue weighted by molar-refractivity contribution is -0.145. The lowest BCUT2D eigenvalue weighted by Crippen LogP contribution is -2.67. The molecule has 2 bridgehead atoms. The van der Waals surface area contributed by atoms with Crippen LogP contribution in [0, 0.1) is 0 Å². The van der Waals surface area contributed by atoms with Crippen molar-refractivity contribution in [1.82, 2.24) is 14.7 Å². The third kappa shape index (κ3) is 4.42. The van der Waals surface area contributed by atoms with Crippen molar-refractivity contribution in [2.24, 2.45) is 0 Å². The van der Waals surface area contributed by atoms with Crippen molar-refractivity contribution in [3.63, 3.8) is 0 Å². The Morgan fingerprint density at radius 3 is 2.14 bits per heavy atom. The zero-order chi connectivity index (χ0) is 25.2. The van der Waals surface area contributed by atoms with Gasteiger partial charge in [-0.25, -0.2) is 14.4 Å². The number of amides is 4. The van der Waals surface area contributed by atoms with Crippen molar-refractivity contribution in [1.29, 1.82) is 0 Å². The van der Waals surface area contributed by atoms with E-state index in [0.717, 1.165) is 5.56 Å². The van der Waals surface area contributed by atoms with Gasteiger partial charge in [0.05, 0.1) is 23.5 Å². The second kappa shape index (κ2) is 10.0. The van der Waals surface area contributed by atoms with Crippen molar-refractivity contribution in [3.05, 3.63) is 83.1 Å². The molecule has 2 saturated heterocycles. The number of fused-ring (bicyclic) bond motifs is 2. The van der Waals surface area contributed by atoms with Gasteiger partial charge in [-0.15, -0.1) is 0 Å². The average Bonchev–Trinajstić information content (AvgIpc) is 3.50. The number of likely N-dealkylation sites (tertiary alicyclic amines) is 1. The van der Waals surface area contributed by atoms with Gasteiger partial charge < -0.3 is 19.8 Å². The molecule has 9 heteroatoms. The summed E-state index contributed by atoms with van der Waals surface area (Å²) in [4.78, 5) is 46.4. The van der Waals surface area contributed by atoms with Crippen LogP contribution in [0.15, 0.2) is 77.5 Å². The van der Waals surface area contributed by atoms with Crippen LogP contribution in [0.3, 0.4) is 0 Å². The Labute approximate surface area is 214 Å². The Balaban J connectivity index is 1.44. The number of para-hydroxylation sites is 2. The number of nitrogens with zero attached hydrogens (tertiary/aromatic N) is 4. The van der Waals surface area contributed by atoms with E-state index in [1.54, 1.807) is 33.1 Å². The molecule has 3 aromatic rings. The molecule has 0 saturated carbocycles. The number of rotatable bonds is 5. The second-order valence-corrected chi connectivity index (χ2v) is 9.98. The average molecular weight is 505 g/mol. The smallest absolute Gasteiger partial charge is 0.329 e. The van der Waals surface area contributed by atoms with Crippen molar-refractivity contribution in [2.75, 3.05) is 18.5 Å². The van der Waals surface area contributed by atoms with Crippen LogP contribution in [0.2, 0.25) is 0 Å². The van der Waals surface area contributed by atoms with Gasteiger partial charge in [0.2, 0.25) is 0 Å². The molecule has 2 aromatic carbocycles. The van der Waals surface area contributed by atoms with Crippen LogP contribution in [-0.2, 0) is 11.3 Å². The van der Waals surface area contributed by atoms with Gasteiger partial charge in [0.1, 0.15) is 0 Å². The Morgan fingerprint density at radius 2 is 1.58 bits per heavy atom. The second-order valence-electron chi connectivity index (χ2n) is 9.20. The van der Waals surface area contributed by atoms with Gasteiger partial charge in [-0.1, -0.05) is 36.4 Å². The van der Waals surface area contributed by atoms with Crippen LogP contribution in [0.5, 0.6) is 0 Å². The molecule has 2 fully saturated rings. The highest BCUT2D eigenvalue weighted by molar-refractivity contribution is 7.07. The molecule has 1 N–H and O–H groups in total. The SMILES string of the molecule is CN(Cc1ccsc1)C(=O)N1[C@H]2CC[C@@H]1[C@@H](C(=O)O)N(C(=O)N(c1ccccc1)c1ccccc1)C2. The van der Waals surface area contributed by atoms with Gasteiger partial charge in [-0.3, -0.25) is 4.90 Å². The fourth-order valence-corrected chi connectivity index (χ4v) is 5.98. The molecular formula is C27H28N4O4S. The number of hydrogen-bond acceptors (Lipinski definition) is 4. The number of hydrogen-bond donors (Lipinski definition) is 1. The Morgan fingerprint density at radius 1 is 0.944 bits per heavy atom. The van der Waals surface area contributed by atoms with Crippen LogP contribution in [-0.4, -0.2) is 69.6 Å². The summed E-state index contributed by atoms with van der Waals surface area (Å²) in [5.41, 5.74) is 2.34. The van der Waals surface area contributed by atoms with E-state index in [-0.39, 0.29) is 18.6 Å². The summed E-state index contributed by atoms with van der Waals surface area (Å²) in [7, 11) is 1.74. The lowest BCUT2D eigenvalue weighted by Gasteiger charge is -2.47. The topological polar surface area (TPSA) is 84.4 Å². The molecule has 186 valence electrons. The Hall–Kier alpha value is -3.85. The van der Waals surface area contributed by atoms with Crippen LogP contribution >= 0.6 is 11.3 Å². The number of thiophene rings is 1. The first-order valence-electron chi connectivity index (χ1n) is 11.9. The number of benzene rings is 2. The lowest BCUT2D eigenvalue weighted by atomic mass is 10.0. The molecular weight excluding hydrogens is 476 g/mol. The maximum Gasteiger partial charge on any atom is 0.329 e. The highest BCUT2D eigenvalue weighted by atomic mass is 32.1. The summed E-state index contributed by atoms with van der Waals surface area (Å²) in [5, 5.41) is 14.2. The number of carboxylic acids is 1. The molecule has 2 aliphatic rings. The summed E-state index contributed by atoms with van der Waals surface area (Å²) in [6, 6.07) is 17.8. The fraction of sp³-hybridized carbons (Fsp3) is 0.296. The van der Waals surface area contributed by atoms with E-state index in [0.29, 0.717) is 30.8 Å². The van der Waals surface area contributed by atoms with Gasteiger partial charge in [0, 0.05) is 20.1 Å². The maximum atomic E-state index is 14.0. The summed E-state index contributed by atoms with van der Waals surface area (Å²) in [6.45, 7) is 0.620. The predicted molar refractivity (Wildman–Crippen MR) is 138 cm³/mol. The molecule has 8 nitrogen and oxygen atoms in total. The van der Waals surface area contributed by atoms with E-state index in [1.807, 2.05) is 77.5 Å². The highest BCUT2D eigenvalue weighted by Crippen LogP contribution is 2.37. The van der Waals surface area contributed by atoms with E-state index in [4.69, 9.17) is 0 Å². The zero-order valence-corrected chi connectivity index (χ0v) is 20.8. The Bertz CT molecular complexity index is 1180. The van der Waals surface area contributed by atoms with Crippen LogP contribution in [0.25, 0.3) is 0 Å². The van der Waals surface area contributed by atoms with E-state index >= 15 is 0 Å². The molecule has 4 amide bonds. The third-order valence-corrected chi connectivity index (χ3v) is 7.65. The Kier molecular flexibility index (Phi) is 6.65. The number of urea groups is 2. The monoisotopic (exact) mass is 504 g/mol. The molecule has 1 aromatic heterocycles. The van der Waals surface area contributed by atoms with Crippen molar-refractivity contribution >= 4 is 40.7 Å². The van der Waals surface area contributed by atoms with Gasteiger partial charge in [-0.05, 0) is 59.5 Å². The normalized spacial score (nSPS) is 20.8. The first-order valence-corrected chi connectivity index (χ1v) is 12.9. The van der Waals surface area contributed by atoms with E-state index in [9.17, 15) is 19.5 Å². The number of carbonyl (C=O) groups excluding carboxylic acids is 2. The van der Waals surface area contributed by atoms with Gasteiger partial charge in [0.15, 0.2) is 6.04 Å². The van der Waals surface area contributed by atoms with Crippen LogP contribution < -0.4 is 4.90 Å². The summed E-state index contributed by atoms with van der Waals surface area (Å²) in [5.74, 6) is -1.10. The first kappa shape index (κ1) is 23.9. The van der Waals surface area contributed by atoms with Gasteiger partial charge in [0.25, 0.3) is 0 Å². The van der Waals surface area contributed by atoms with Crippen LogP contribution in [0.4, 0.5) is 21.0 Å². The number of carboxylic acid groups (broad SMARTS) is 1. The molecule has 36 heavy (non-hydrogen) atoms. The largest absolute Gasteiger partial charge is 0.480 e. The molecule has 0 radical (unpaired) electrons. The minimum atomic E-state index is -1.13. The van der Waals surface area contributed by atoms with Crippen LogP contribution in [0.1, 0.15) is 18.4 Å². The van der Waals surface area contributed by atoms with Gasteiger partial charge in [-0.2, -0.15) is 11.3 Å². The molecule has 5 rings (SSSR count). The molecule has 3 heterocycles. The minimum absolute atomic E-state index is 0.167. The standard InChI is InChI=1S/C27H28N4O4S/c1-28(16-19-14-15-36-18-19)26(34)31-22-12-13-23(31)24(25(32)33)29(17-22)27(35)30(20-8-4-2-5-9-20)21-10-6-3-7-11-21/h2-11,14-15,18,22-24H,12-13,16-17H2,1H3,(H,32,33)/t22-,23+,24-/m0/s1. The fourth-order valence-electron chi connectivity index (χ4n) is 5.32. The molecule has 0 unspecified atom stereocenters. The van der Waals surface area contributed by atoms with Crippen molar-refractivity contribution in [3.8, 4) is 0 Å². The van der Waals surface area contributed by atoms with Crippen molar-refractivity contribution in [2.45, 2.75) is 37.5 Å². The number of anilines is 2. The third-order valence-electron chi connectivity index (χ3n) is 6.92. The number of piperazine rings is 1. The van der Waals surface area contributed by atoms with Crippen molar-refractivity contribution < 1.29 is 19.5 Å². The molecule has 3 atom stereocenters. The quantitative estimate of drug-likeness (QED) is 0.538. The maximum absolute atomic E-state index is 14.0. The predicted octanol–water partition coefficient (Wildman–Crippen LogP) is 4.86. The van der Waals surface area contributed by atoms with E-state index in [1.165, 1.54) is 4.90 Å². The van der Waals surface area contributed by atoms with E-state index < -0.39 is 24.1 Å². The van der Waals surface area contributed by atoms with E-state index in [2.05, 4.69) is 0 Å². The zero-order valence-electron chi connectivity index (χ0n) is 19.9. The number of carbonyl (C=O) groups is 3. The minimum Gasteiger partial charge on any atom is -0.480 e. The molecule has 0 aliphatic carbocycles.